The Hall–Kier alpha value is -1.26. The zero-order valence-electron chi connectivity index (χ0n) is 19.6. The molecule has 2 aliphatic heterocycles. The van der Waals surface area contributed by atoms with E-state index in [-0.39, 0.29) is 24.0 Å². The summed E-state index contributed by atoms with van der Waals surface area (Å²) < 4.78 is 5.53. The van der Waals surface area contributed by atoms with Crippen molar-refractivity contribution in [1.82, 2.24) is 20.4 Å². The molecule has 2 N–H and O–H groups in total. The Bertz CT molecular complexity index is 680. The number of methoxy groups -OCH3 is 1. The summed E-state index contributed by atoms with van der Waals surface area (Å²) >= 11 is 0. The summed E-state index contributed by atoms with van der Waals surface area (Å²) in [6.45, 7) is 14.6. The van der Waals surface area contributed by atoms with Gasteiger partial charge in [0.05, 0.1) is 12.8 Å². The maximum absolute atomic E-state index is 5.53. The van der Waals surface area contributed by atoms with Crippen LogP contribution in [0.2, 0.25) is 0 Å². The number of rotatable bonds is 8. The summed E-state index contributed by atoms with van der Waals surface area (Å²) in [5, 5.41) is 7.15. The third-order valence-electron chi connectivity index (χ3n) is 6.28. The predicted octanol–water partition coefficient (Wildman–Crippen LogP) is 2.33. The molecule has 176 valence electrons. The van der Waals surface area contributed by atoms with Crippen molar-refractivity contribution in [1.29, 1.82) is 0 Å². The van der Waals surface area contributed by atoms with Gasteiger partial charge in [0.15, 0.2) is 5.96 Å². The number of aliphatic imine (C=N–C) groups is 1. The van der Waals surface area contributed by atoms with Gasteiger partial charge in [-0.3, -0.25) is 4.99 Å². The van der Waals surface area contributed by atoms with Crippen LogP contribution < -0.4 is 20.3 Å². The monoisotopic (exact) mass is 544 g/mol. The highest BCUT2D eigenvalue weighted by molar-refractivity contribution is 14.0. The molecule has 31 heavy (non-hydrogen) atoms. The Kier molecular flexibility index (Phi) is 11.2. The number of hydrogen-bond acceptors (Lipinski definition) is 5. The molecule has 2 atom stereocenters. The van der Waals surface area contributed by atoms with Crippen LogP contribution in [-0.4, -0.2) is 94.9 Å². The van der Waals surface area contributed by atoms with Gasteiger partial charge in [-0.2, -0.15) is 0 Å². The van der Waals surface area contributed by atoms with Gasteiger partial charge in [-0.15, -0.1) is 24.0 Å². The topological polar surface area (TPSA) is 55.4 Å². The van der Waals surface area contributed by atoms with E-state index in [9.17, 15) is 0 Å². The largest absolute Gasteiger partial charge is 0.495 e. The molecule has 2 saturated heterocycles. The van der Waals surface area contributed by atoms with Gasteiger partial charge in [-0.05, 0) is 31.0 Å². The van der Waals surface area contributed by atoms with Gasteiger partial charge in [-0.1, -0.05) is 26.0 Å². The van der Waals surface area contributed by atoms with Crippen LogP contribution in [0.5, 0.6) is 5.75 Å². The van der Waals surface area contributed by atoms with E-state index in [0.717, 1.165) is 44.3 Å². The van der Waals surface area contributed by atoms with Crippen molar-refractivity contribution in [3.8, 4) is 5.75 Å². The first-order chi connectivity index (χ1) is 14.6. The van der Waals surface area contributed by atoms with E-state index in [1.807, 2.05) is 19.2 Å². The molecule has 0 radical (unpaired) electrons. The Balaban J connectivity index is 0.00000341. The second-order valence-corrected chi connectivity index (χ2v) is 8.54. The minimum atomic E-state index is 0. The third-order valence-corrected chi connectivity index (χ3v) is 6.28. The number of halogens is 1. The molecular weight excluding hydrogens is 503 g/mol. The number of para-hydroxylation sites is 2. The highest BCUT2D eigenvalue weighted by Crippen LogP contribution is 2.30. The number of anilines is 1. The van der Waals surface area contributed by atoms with Crippen LogP contribution in [0.15, 0.2) is 29.3 Å². The van der Waals surface area contributed by atoms with Crippen LogP contribution in [0.25, 0.3) is 0 Å². The molecule has 0 aliphatic carbocycles. The quantitative estimate of drug-likeness (QED) is 0.298. The lowest BCUT2D eigenvalue weighted by Gasteiger charge is -2.35. The highest BCUT2D eigenvalue weighted by atomic mass is 127. The number of benzene rings is 1. The van der Waals surface area contributed by atoms with E-state index in [4.69, 9.17) is 4.74 Å². The van der Waals surface area contributed by atoms with Gasteiger partial charge in [-0.25, -0.2) is 0 Å². The van der Waals surface area contributed by atoms with Gasteiger partial charge >= 0.3 is 0 Å². The molecule has 1 aromatic rings. The minimum Gasteiger partial charge on any atom is -0.495 e. The standard InChI is InChI=1S/C23H40N6O.HI/c1-5-27-12-14-28(15-13-27)17-19(2)16-25-23(24-3)26-20-10-11-29(18-20)21-8-6-7-9-22(21)30-4;/h6-9,19-20H,5,10-18H2,1-4H3,(H2,24,25,26);1H. The number of hydrogen-bond donors (Lipinski definition) is 2. The lowest BCUT2D eigenvalue weighted by Crippen LogP contribution is -2.49. The summed E-state index contributed by atoms with van der Waals surface area (Å²) in [7, 11) is 3.60. The third kappa shape index (κ3) is 7.68. The first-order valence-corrected chi connectivity index (χ1v) is 11.4. The molecular formula is C23H41IN6O. The van der Waals surface area contributed by atoms with Gasteiger partial charge < -0.3 is 30.1 Å². The average molecular weight is 545 g/mol. The van der Waals surface area contributed by atoms with Crippen molar-refractivity contribution in [2.75, 3.05) is 78.0 Å². The molecule has 2 heterocycles. The maximum atomic E-state index is 5.53. The summed E-state index contributed by atoms with van der Waals surface area (Å²) in [6, 6.07) is 8.64. The first kappa shape index (κ1) is 26.0. The van der Waals surface area contributed by atoms with E-state index in [1.54, 1.807) is 7.11 Å². The zero-order chi connectivity index (χ0) is 21.3. The average Bonchev–Trinajstić information content (AvgIpc) is 3.25. The molecule has 8 heteroatoms. The number of nitrogens with zero attached hydrogens (tertiary/aromatic N) is 4. The first-order valence-electron chi connectivity index (χ1n) is 11.4. The number of piperazine rings is 1. The minimum absolute atomic E-state index is 0. The Morgan fingerprint density at radius 3 is 2.55 bits per heavy atom. The molecule has 2 fully saturated rings. The number of guanidine groups is 1. The van der Waals surface area contributed by atoms with Crippen LogP contribution >= 0.6 is 24.0 Å². The van der Waals surface area contributed by atoms with Crippen molar-refractivity contribution >= 4 is 35.6 Å². The van der Waals surface area contributed by atoms with E-state index >= 15 is 0 Å². The summed E-state index contributed by atoms with van der Waals surface area (Å²) in [6.07, 6.45) is 1.09. The molecule has 0 amide bonds. The van der Waals surface area contributed by atoms with E-state index in [0.29, 0.717) is 12.0 Å². The number of nitrogens with one attached hydrogen (secondary N) is 2. The Morgan fingerprint density at radius 1 is 1.16 bits per heavy atom. The van der Waals surface area contributed by atoms with Crippen LogP contribution in [0.4, 0.5) is 5.69 Å². The maximum Gasteiger partial charge on any atom is 0.191 e. The van der Waals surface area contributed by atoms with Crippen molar-refractivity contribution in [2.24, 2.45) is 10.9 Å². The fourth-order valence-electron chi connectivity index (χ4n) is 4.44. The molecule has 3 rings (SSSR count). The van der Waals surface area contributed by atoms with Gasteiger partial charge in [0, 0.05) is 65.4 Å². The van der Waals surface area contributed by atoms with Gasteiger partial charge in [0.25, 0.3) is 0 Å². The molecule has 1 aromatic carbocycles. The van der Waals surface area contributed by atoms with E-state index in [2.05, 4.69) is 56.3 Å². The predicted molar refractivity (Wildman–Crippen MR) is 141 cm³/mol. The van der Waals surface area contributed by atoms with Crippen molar-refractivity contribution in [3.05, 3.63) is 24.3 Å². The van der Waals surface area contributed by atoms with E-state index < -0.39 is 0 Å². The molecule has 0 spiro atoms. The van der Waals surface area contributed by atoms with Crippen molar-refractivity contribution < 1.29 is 4.74 Å². The molecule has 0 aromatic heterocycles. The van der Waals surface area contributed by atoms with Crippen LogP contribution in [0, 0.1) is 5.92 Å². The molecule has 2 unspecified atom stereocenters. The molecule has 7 nitrogen and oxygen atoms in total. The smallest absolute Gasteiger partial charge is 0.191 e. The molecule has 0 saturated carbocycles. The SMILES string of the molecule is CCN1CCN(CC(C)CNC(=NC)NC2CCN(c3ccccc3OC)C2)CC1.I. The highest BCUT2D eigenvalue weighted by Gasteiger charge is 2.25. The van der Waals surface area contributed by atoms with Gasteiger partial charge in [0.2, 0.25) is 0 Å². The van der Waals surface area contributed by atoms with Crippen LogP contribution in [0.1, 0.15) is 20.3 Å². The van der Waals surface area contributed by atoms with Crippen LogP contribution in [0.3, 0.4) is 0 Å². The lowest BCUT2D eigenvalue weighted by atomic mass is 10.1. The lowest BCUT2D eigenvalue weighted by molar-refractivity contribution is 0.124. The fraction of sp³-hybridized carbons (Fsp3) is 0.696. The second-order valence-electron chi connectivity index (χ2n) is 8.54. The summed E-state index contributed by atoms with van der Waals surface area (Å²) in [5.41, 5.74) is 1.17. The van der Waals surface area contributed by atoms with Crippen LogP contribution in [-0.2, 0) is 0 Å². The van der Waals surface area contributed by atoms with Gasteiger partial charge in [0.1, 0.15) is 5.75 Å². The molecule has 2 aliphatic rings. The zero-order valence-corrected chi connectivity index (χ0v) is 22.0. The number of likely N-dealkylation sites (N-methyl/N-ethyl adjacent to an activating group) is 1. The summed E-state index contributed by atoms with van der Waals surface area (Å²) in [5.74, 6) is 2.43. The van der Waals surface area contributed by atoms with Crippen molar-refractivity contribution in [2.45, 2.75) is 26.3 Å². The Labute approximate surface area is 205 Å². The fourth-order valence-corrected chi connectivity index (χ4v) is 4.44. The normalized spacial score (nSPS) is 21.5. The van der Waals surface area contributed by atoms with Crippen molar-refractivity contribution in [3.63, 3.8) is 0 Å². The van der Waals surface area contributed by atoms with E-state index in [1.165, 1.54) is 38.4 Å². The number of ether oxygens (including phenoxy) is 1. The summed E-state index contributed by atoms with van der Waals surface area (Å²) in [4.78, 5) is 12.0. The Morgan fingerprint density at radius 2 is 1.87 bits per heavy atom. The molecule has 0 bridgehead atoms. The second kappa shape index (κ2) is 13.3.